The van der Waals surface area contributed by atoms with Gasteiger partial charge in [0, 0.05) is 10.4 Å². The summed E-state index contributed by atoms with van der Waals surface area (Å²) >= 11 is 11.8. The Bertz CT molecular complexity index is 413. The second-order valence-electron chi connectivity index (χ2n) is 4.52. The number of hydrogen-bond acceptors (Lipinski definition) is 2. The summed E-state index contributed by atoms with van der Waals surface area (Å²) in [6, 6.07) is 4.81. The zero-order chi connectivity index (χ0) is 12.5. The van der Waals surface area contributed by atoms with E-state index in [-0.39, 0.29) is 5.91 Å². The topological polar surface area (TPSA) is 46.3 Å². The highest BCUT2D eigenvalue weighted by atomic mass is 35.5. The molecule has 0 spiro atoms. The SMILES string of the molecule is CC(C)(C)C(=O)N(N)c1cc(Cl)ccc1Cl. The maximum absolute atomic E-state index is 11.9. The van der Waals surface area contributed by atoms with Crippen molar-refractivity contribution >= 4 is 34.8 Å². The van der Waals surface area contributed by atoms with Crippen molar-refractivity contribution in [3.05, 3.63) is 28.2 Å². The lowest BCUT2D eigenvalue weighted by Crippen LogP contribution is -2.44. The van der Waals surface area contributed by atoms with E-state index in [1.54, 1.807) is 39.0 Å². The molecule has 0 unspecified atom stereocenters. The van der Waals surface area contributed by atoms with Gasteiger partial charge in [-0.25, -0.2) is 10.9 Å². The highest BCUT2D eigenvalue weighted by molar-refractivity contribution is 6.35. The second kappa shape index (κ2) is 4.62. The van der Waals surface area contributed by atoms with Gasteiger partial charge in [-0.05, 0) is 18.2 Å². The van der Waals surface area contributed by atoms with Gasteiger partial charge < -0.3 is 0 Å². The lowest BCUT2D eigenvalue weighted by Gasteiger charge is -2.26. The predicted molar refractivity (Wildman–Crippen MR) is 67.6 cm³/mol. The molecule has 3 nitrogen and oxygen atoms in total. The Labute approximate surface area is 105 Å². The molecule has 1 aromatic carbocycles. The van der Waals surface area contributed by atoms with E-state index in [4.69, 9.17) is 29.0 Å². The number of halogens is 2. The summed E-state index contributed by atoms with van der Waals surface area (Å²) < 4.78 is 0. The van der Waals surface area contributed by atoms with Crippen LogP contribution < -0.4 is 10.9 Å². The fourth-order valence-electron chi connectivity index (χ4n) is 1.14. The van der Waals surface area contributed by atoms with Crippen molar-refractivity contribution in [2.75, 3.05) is 5.01 Å². The lowest BCUT2D eigenvalue weighted by molar-refractivity contribution is -0.125. The van der Waals surface area contributed by atoms with Gasteiger partial charge in [-0.2, -0.15) is 0 Å². The molecule has 2 N–H and O–H groups in total. The fraction of sp³-hybridized carbons (Fsp3) is 0.364. The number of carbonyl (C=O) groups excluding carboxylic acids is 1. The number of anilines is 1. The molecule has 0 aliphatic carbocycles. The number of nitrogens with two attached hydrogens (primary N) is 1. The zero-order valence-corrected chi connectivity index (χ0v) is 10.9. The number of rotatable bonds is 1. The average molecular weight is 261 g/mol. The molecule has 0 bridgehead atoms. The molecule has 0 aliphatic heterocycles. The minimum atomic E-state index is -0.569. The van der Waals surface area contributed by atoms with Crippen LogP contribution in [0.15, 0.2) is 18.2 Å². The molecule has 0 aliphatic rings. The summed E-state index contributed by atoms with van der Waals surface area (Å²) in [4.78, 5) is 11.9. The van der Waals surface area contributed by atoms with E-state index < -0.39 is 5.41 Å². The molecule has 0 atom stereocenters. The fourth-order valence-corrected chi connectivity index (χ4v) is 1.52. The van der Waals surface area contributed by atoms with E-state index in [1.165, 1.54) is 0 Å². The van der Waals surface area contributed by atoms with E-state index in [9.17, 15) is 4.79 Å². The third kappa shape index (κ3) is 2.88. The van der Waals surface area contributed by atoms with Gasteiger partial charge in [0.1, 0.15) is 0 Å². The molecule has 16 heavy (non-hydrogen) atoms. The number of benzene rings is 1. The Morgan fingerprint density at radius 2 is 1.88 bits per heavy atom. The van der Waals surface area contributed by atoms with Crippen molar-refractivity contribution in [2.45, 2.75) is 20.8 Å². The molecule has 5 heteroatoms. The van der Waals surface area contributed by atoms with Crippen LogP contribution in [0.1, 0.15) is 20.8 Å². The number of hydrogen-bond donors (Lipinski definition) is 1. The molecule has 88 valence electrons. The Hall–Kier alpha value is -0.770. The first-order chi connectivity index (χ1) is 7.23. The molecule has 0 radical (unpaired) electrons. The first kappa shape index (κ1) is 13.3. The Kier molecular flexibility index (Phi) is 3.84. The lowest BCUT2D eigenvalue weighted by atomic mass is 9.95. The van der Waals surface area contributed by atoms with Crippen LogP contribution in [0.2, 0.25) is 10.0 Å². The summed E-state index contributed by atoms with van der Waals surface area (Å²) in [5.74, 6) is 5.51. The van der Waals surface area contributed by atoms with Gasteiger partial charge in [0.05, 0.1) is 10.7 Å². The minimum Gasteiger partial charge on any atom is -0.272 e. The Balaban J connectivity index is 3.10. The molecule has 1 rings (SSSR count). The van der Waals surface area contributed by atoms with E-state index >= 15 is 0 Å². The van der Waals surface area contributed by atoms with Crippen LogP contribution >= 0.6 is 23.2 Å². The van der Waals surface area contributed by atoms with Gasteiger partial charge in [0.2, 0.25) is 5.91 Å². The van der Waals surface area contributed by atoms with Gasteiger partial charge in [-0.15, -0.1) is 0 Å². The largest absolute Gasteiger partial charge is 0.272 e. The molecule has 0 aromatic heterocycles. The van der Waals surface area contributed by atoms with Crippen molar-refractivity contribution in [3.8, 4) is 0 Å². The molecular weight excluding hydrogens is 247 g/mol. The van der Waals surface area contributed by atoms with Crippen molar-refractivity contribution in [1.82, 2.24) is 0 Å². The van der Waals surface area contributed by atoms with E-state index in [0.29, 0.717) is 15.7 Å². The van der Waals surface area contributed by atoms with Crippen LogP contribution in [-0.2, 0) is 4.79 Å². The summed E-state index contributed by atoms with van der Waals surface area (Å²) in [6.07, 6.45) is 0. The van der Waals surface area contributed by atoms with Crippen LogP contribution in [0.4, 0.5) is 5.69 Å². The van der Waals surface area contributed by atoms with Gasteiger partial charge in [0.25, 0.3) is 0 Å². The van der Waals surface area contributed by atoms with Gasteiger partial charge in [0.15, 0.2) is 0 Å². The molecule has 1 aromatic rings. The van der Waals surface area contributed by atoms with Crippen LogP contribution in [-0.4, -0.2) is 5.91 Å². The number of nitrogens with zero attached hydrogens (tertiary/aromatic N) is 1. The number of amides is 1. The Morgan fingerprint density at radius 3 is 2.38 bits per heavy atom. The molecule has 0 fully saturated rings. The van der Waals surface area contributed by atoms with Crippen molar-refractivity contribution in [3.63, 3.8) is 0 Å². The molecular formula is C11H14Cl2N2O. The quantitative estimate of drug-likeness (QED) is 0.479. The van der Waals surface area contributed by atoms with Gasteiger partial charge in [-0.1, -0.05) is 44.0 Å². The van der Waals surface area contributed by atoms with E-state index in [1.807, 2.05) is 0 Å². The maximum atomic E-state index is 11.9. The normalized spacial score (nSPS) is 11.4. The third-order valence-corrected chi connectivity index (χ3v) is 2.58. The van der Waals surface area contributed by atoms with Crippen LogP contribution in [0.5, 0.6) is 0 Å². The van der Waals surface area contributed by atoms with Crippen LogP contribution in [0.25, 0.3) is 0 Å². The summed E-state index contributed by atoms with van der Waals surface area (Å²) in [5, 5.41) is 1.91. The maximum Gasteiger partial charge on any atom is 0.246 e. The first-order valence-corrected chi connectivity index (χ1v) is 5.53. The smallest absolute Gasteiger partial charge is 0.246 e. The van der Waals surface area contributed by atoms with Crippen LogP contribution in [0, 0.1) is 5.41 Å². The Morgan fingerprint density at radius 1 is 1.31 bits per heavy atom. The monoisotopic (exact) mass is 260 g/mol. The predicted octanol–water partition coefficient (Wildman–Crippen LogP) is 3.25. The van der Waals surface area contributed by atoms with Crippen molar-refractivity contribution in [1.29, 1.82) is 0 Å². The average Bonchev–Trinajstić information content (AvgIpc) is 2.18. The standard InChI is InChI=1S/C11H14Cl2N2O/c1-11(2,3)10(16)15(14)9-6-7(12)4-5-8(9)13/h4-6H,14H2,1-3H3. The van der Waals surface area contributed by atoms with Gasteiger partial charge >= 0.3 is 0 Å². The molecule has 1 amide bonds. The molecule has 0 heterocycles. The highest BCUT2D eigenvalue weighted by Gasteiger charge is 2.27. The third-order valence-electron chi connectivity index (χ3n) is 2.03. The van der Waals surface area contributed by atoms with Crippen molar-refractivity contribution in [2.24, 2.45) is 11.3 Å². The highest BCUT2D eigenvalue weighted by Crippen LogP contribution is 2.29. The second-order valence-corrected chi connectivity index (χ2v) is 5.36. The number of carbonyl (C=O) groups is 1. The zero-order valence-electron chi connectivity index (χ0n) is 9.42. The summed E-state index contributed by atoms with van der Waals surface area (Å²) in [5.41, 5.74) is -0.158. The first-order valence-electron chi connectivity index (χ1n) is 4.78. The van der Waals surface area contributed by atoms with E-state index in [0.717, 1.165) is 5.01 Å². The number of hydrazine groups is 1. The minimum absolute atomic E-state index is 0.225. The molecule has 0 saturated heterocycles. The summed E-state index contributed by atoms with van der Waals surface area (Å²) in [7, 11) is 0. The van der Waals surface area contributed by atoms with Gasteiger partial charge in [-0.3, -0.25) is 4.79 Å². The van der Waals surface area contributed by atoms with Crippen molar-refractivity contribution < 1.29 is 4.79 Å². The summed E-state index contributed by atoms with van der Waals surface area (Å²) in [6.45, 7) is 5.36. The van der Waals surface area contributed by atoms with Crippen LogP contribution in [0.3, 0.4) is 0 Å². The molecule has 0 saturated carbocycles. The van der Waals surface area contributed by atoms with E-state index in [2.05, 4.69) is 0 Å².